The summed E-state index contributed by atoms with van der Waals surface area (Å²) in [5.74, 6) is 2.52. The number of aryl methyl sites for hydroxylation is 1. The maximum absolute atomic E-state index is 11.4. The van der Waals surface area contributed by atoms with E-state index < -0.39 is 0 Å². The van der Waals surface area contributed by atoms with E-state index in [0.717, 1.165) is 57.5 Å². The lowest BCUT2D eigenvalue weighted by Gasteiger charge is -2.39. The molecule has 6 heteroatoms. The van der Waals surface area contributed by atoms with Gasteiger partial charge >= 0.3 is 0 Å². The average molecular weight is 306 g/mol. The second kappa shape index (κ2) is 6.38. The SMILES string of the molecule is CC(=O)N1CCN([C@@H]2CN(Cc3ncc(C)o3)C[C@H]2C)CC1. The predicted molar refractivity (Wildman–Crippen MR) is 83.3 cm³/mol. The summed E-state index contributed by atoms with van der Waals surface area (Å²) in [7, 11) is 0. The van der Waals surface area contributed by atoms with Crippen LogP contribution in [0.2, 0.25) is 0 Å². The highest BCUT2D eigenvalue weighted by Gasteiger charge is 2.35. The van der Waals surface area contributed by atoms with Crippen molar-refractivity contribution in [3.8, 4) is 0 Å². The molecular weight excluding hydrogens is 280 g/mol. The maximum Gasteiger partial charge on any atom is 0.219 e. The molecule has 2 atom stereocenters. The minimum Gasteiger partial charge on any atom is -0.445 e. The second-order valence-electron chi connectivity index (χ2n) is 6.65. The van der Waals surface area contributed by atoms with Gasteiger partial charge in [-0.1, -0.05) is 6.92 Å². The molecule has 22 heavy (non-hydrogen) atoms. The Morgan fingerprint density at radius 1 is 1.32 bits per heavy atom. The molecule has 0 unspecified atom stereocenters. The van der Waals surface area contributed by atoms with E-state index in [1.54, 1.807) is 13.1 Å². The van der Waals surface area contributed by atoms with Crippen molar-refractivity contribution in [3.63, 3.8) is 0 Å². The fourth-order valence-electron chi connectivity index (χ4n) is 3.69. The van der Waals surface area contributed by atoms with Crippen LogP contribution in [0.3, 0.4) is 0 Å². The highest BCUT2D eigenvalue weighted by molar-refractivity contribution is 5.73. The topological polar surface area (TPSA) is 52.8 Å². The minimum atomic E-state index is 0.194. The predicted octanol–water partition coefficient (Wildman–Crippen LogP) is 0.967. The maximum atomic E-state index is 11.4. The number of hydrogen-bond acceptors (Lipinski definition) is 5. The second-order valence-corrected chi connectivity index (χ2v) is 6.65. The number of aromatic nitrogens is 1. The molecule has 0 radical (unpaired) electrons. The van der Waals surface area contributed by atoms with Gasteiger partial charge in [0.15, 0.2) is 0 Å². The van der Waals surface area contributed by atoms with Crippen LogP contribution in [0, 0.1) is 12.8 Å². The molecule has 0 saturated carbocycles. The first-order valence-electron chi connectivity index (χ1n) is 8.16. The third-order valence-electron chi connectivity index (χ3n) is 4.90. The van der Waals surface area contributed by atoms with Crippen LogP contribution in [-0.2, 0) is 11.3 Å². The van der Waals surface area contributed by atoms with Gasteiger partial charge in [-0.25, -0.2) is 4.98 Å². The van der Waals surface area contributed by atoms with Gasteiger partial charge in [0.1, 0.15) is 5.76 Å². The molecule has 0 aromatic carbocycles. The van der Waals surface area contributed by atoms with Crippen LogP contribution in [-0.4, -0.2) is 70.9 Å². The summed E-state index contributed by atoms with van der Waals surface area (Å²) in [4.78, 5) is 22.7. The molecule has 3 rings (SSSR count). The van der Waals surface area contributed by atoms with Gasteiger partial charge in [0.25, 0.3) is 0 Å². The zero-order valence-electron chi connectivity index (χ0n) is 13.8. The van der Waals surface area contributed by atoms with Crippen molar-refractivity contribution in [1.29, 1.82) is 0 Å². The van der Waals surface area contributed by atoms with Crippen molar-refractivity contribution < 1.29 is 9.21 Å². The Balaban J connectivity index is 1.54. The molecule has 0 bridgehead atoms. The van der Waals surface area contributed by atoms with Gasteiger partial charge < -0.3 is 9.32 Å². The molecule has 2 saturated heterocycles. The number of carbonyl (C=O) groups is 1. The Bertz CT molecular complexity index is 522. The standard InChI is InChI=1S/C16H26N4O2/c1-12-9-18(11-16-17-8-13(2)22-16)10-15(12)20-6-4-19(5-7-20)14(3)21/h8,12,15H,4-7,9-11H2,1-3H3/t12-,15-/m1/s1. The Labute approximate surface area is 132 Å². The molecule has 0 aliphatic carbocycles. The van der Waals surface area contributed by atoms with Crippen LogP contribution in [0.25, 0.3) is 0 Å². The van der Waals surface area contributed by atoms with E-state index in [0.29, 0.717) is 12.0 Å². The number of rotatable bonds is 3. The van der Waals surface area contributed by atoms with E-state index >= 15 is 0 Å². The van der Waals surface area contributed by atoms with Crippen molar-refractivity contribution in [2.75, 3.05) is 39.3 Å². The molecule has 1 aromatic rings. The zero-order chi connectivity index (χ0) is 15.7. The fraction of sp³-hybridized carbons (Fsp3) is 0.750. The van der Waals surface area contributed by atoms with Gasteiger partial charge in [0.05, 0.1) is 12.7 Å². The van der Waals surface area contributed by atoms with Crippen molar-refractivity contribution >= 4 is 5.91 Å². The number of hydrogen-bond donors (Lipinski definition) is 0. The lowest BCUT2D eigenvalue weighted by atomic mass is 10.0. The van der Waals surface area contributed by atoms with Gasteiger partial charge in [0, 0.05) is 52.2 Å². The minimum absolute atomic E-state index is 0.194. The molecule has 2 aliphatic rings. The van der Waals surface area contributed by atoms with E-state index in [9.17, 15) is 4.79 Å². The summed E-state index contributed by atoms with van der Waals surface area (Å²) in [6.07, 6.45) is 1.79. The van der Waals surface area contributed by atoms with Crippen LogP contribution >= 0.6 is 0 Å². The van der Waals surface area contributed by atoms with Crippen molar-refractivity contribution in [2.45, 2.75) is 33.4 Å². The normalized spacial score (nSPS) is 27.5. The first kappa shape index (κ1) is 15.5. The number of nitrogens with zero attached hydrogens (tertiary/aromatic N) is 4. The van der Waals surface area contributed by atoms with Gasteiger partial charge in [-0.05, 0) is 12.8 Å². The lowest BCUT2D eigenvalue weighted by Crippen LogP contribution is -2.53. The monoisotopic (exact) mass is 306 g/mol. The average Bonchev–Trinajstić information content (AvgIpc) is 3.05. The van der Waals surface area contributed by atoms with Crippen LogP contribution in [0.5, 0.6) is 0 Å². The summed E-state index contributed by atoms with van der Waals surface area (Å²) < 4.78 is 5.59. The number of carbonyl (C=O) groups excluding carboxylic acids is 1. The molecule has 2 aliphatic heterocycles. The molecule has 1 amide bonds. The van der Waals surface area contributed by atoms with Gasteiger partial charge in [0.2, 0.25) is 11.8 Å². The Kier molecular flexibility index (Phi) is 4.49. The molecule has 3 heterocycles. The number of piperazine rings is 1. The molecule has 1 aromatic heterocycles. The molecule has 0 spiro atoms. The Morgan fingerprint density at radius 3 is 2.64 bits per heavy atom. The Morgan fingerprint density at radius 2 is 2.05 bits per heavy atom. The first-order chi connectivity index (χ1) is 10.5. The van der Waals surface area contributed by atoms with E-state index in [-0.39, 0.29) is 5.91 Å². The summed E-state index contributed by atoms with van der Waals surface area (Å²) in [6, 6.07) is 0.574. The van der Waals surface area contributed by atoms with Crippen LogP contribution in [0.4, 0.5) is 0 Å². The largest absolute Gasteiger partial charge is 0.445 e. The van der Waals surface area contributed by atoms with Crippen molar-refractivity contribution in [1.82, 2.24) is 19.7 Å². The van der Waals surface area contributed by atoms with E-state index in [2.05, 4.69) is 21.7 Å². The van der Waals surface area contributed by atoms with Crippen LogP contribution in [0.15, 0.2) is 10.6 Å². The number of amides is 1. The summed E-state index contributed by atoms with van der Waals surface area (Å²) in [6.45, 7) is 12.5. The van der Waals surface area contributed by atoms with Crippen LogP contribution < -0.4 is 0 Å². The fourth-order valence-corrected chi connectivity index (χ4v) is 3.69. The summed E-state index contributed by atoms with van der Waals surface area (Å²) in [5.41, 5.74) is 0. The zero-order valence-corrected chi connectivity index (χ0v) is 13.8. The molecule has 122 valence electrons. The van der Waals surface area contributed by atoms with Crippen LogP contribution in [0.1, 0.15) is 25.5 Å². The molecular formula is C16H26N4O2. The summed E-state index contributed by atoms with van der Waals surface area (Å²) >= 11 is 0. The Hall–Kier alpha value is -1.40. The molecule has 2 fully saturated rings. The highest BCUT2D eigenvalue weighted by Crippen LogP contribution is 2.24. The molecule has 6 nitrogen and oxygen atoms in total. The third kappa shape index (κ3) is 3.33. The quantitative estimate of drug-likeness (QED) is 0.833. The van der Waals surface area contributed by atoms with Gasteiger partial charge in [-0.15, -0.1) is 0 Å². The molecule has 0 N–H and O–H groups in total. The smallest absolute Gasteiger partial charge is 0.219 e. The third-order valence-corrected chi connectivity index (χ3v) is 4.90. The number of likely N-dealkylation sites (tertiary alicyclic amines) is 1. The van der Waals surface area contributed by atoms with E-state index in [1.807, 2.05) is 11.8 Å². The lowest BCUT2D eigenvalue weighted by molar-refractivity contribution is -0.130. The van der Waals surface area contributed by atoms with E-state index in [4.69, 9.17) is 4.42 Å². The highest BCUT2D eigenvalue weighted by atomic mass is 16.4. The first-order valence-corrected chi connectivity index (χ1v) is 8.16. The summed E-state index contributed by atoms with van der Waals surface area (Å²) in [5, 5.41) is 0. The van der Waals surface area contributed by atoms with Crippen molar-refractivity contribution in [2.24, 2.45) is 5.92 Å². The number of oxazole rings is 1. The van der Waals surface area contributed by atoms with Gasteiger partial charge in [-0.3, -0.25) is 14.6 Å². The van der Waals surface area contributed by atoms with Crippen molar-refractivity contribution in [3.05, 3.63) is 17.8 Å². The van der Waals surface area contributed by atoms with Gasteiger partial charge in [-0.2, -0.15) is 0 Å². The van der Waals surface area contributed by atoms with E-state index in [1.165, 1.54) is 0 Å².